The summed E-state index contributed by atoms with van der Waals surface area (Å²) in [5.41, 5.74) is 2.25. The van der Waals surface area contributed by atoms with Gasteiger partial charge in [0, 0.05) is 0 Å². The quantitative estimate of drug-likeness (QED) is 0.805. The van der Waals surface area contributed by atoms with Crippen molar-refractivity contribution in [1.29, 1.82) is 0 Å². The molecule has 0 amide bonds. The fraction of sp³-hybridized carbons (Fsp3) is 0.0833. The van der Waals surface area contributed by atoms with Gasteiger partial charge in [0.15, 0.2) is 0 Å². The largest absolute Gasteiger partial charge is 0.870 e. The molecule has 0 spiro atoms. The van der Waals surface area contributed by atoms with Gasteiger partial charge in [0.05, 0.1) is 0 Å². The summed E-state index contributed by atoms with van der Waals surface area (Å²) in [7, 11) is 0. The van der Waals surface area contributed by atoms with Crippen LogP contribution >= 0.6 is 11.3 Å². The second kappa shape index (κ2) is 8.03. The van der Waals surface area contributed by atoms with E-state index < -0.39 is 0 Å². The predicted molar refractivity (Wildman–Crippen MR) is 69.2 cm³/mol. The molecule has 4 nitrogen and oxygen atoms in total. The van der Waals surface area contributed by atoms with E-state index in [4.69, 9.17) is 0 Å². The van der Waals surface area contributed by atoms with E-state index in [-0.39, 0.29) is 16.9 Å². The van der Waals surface area contributed by atoms with Crippen molar-refractivity contribution >= 4 is 33.9 Å². The van der Waals surface area contributed by atoms with Gasteiger partial charge in [0.1, 0.15) is 0 Å². The topological polar surface area (TPSA) is 86.3 Å². The number of carbonyl (C=O) groups excluding carboxylic acids is 1. The van der Waals surface area contributed by atoms with Gasteiger partial charge >= 0.3 is 107 Å². The zero-order valence-corrected chi connectivity index (χ0v) is 11.4. The molecule has 18 heavy (non-hydrogen) atoms. The number of carbonyl (C=O) groups is 1. The van der Waals surface area contributed by atoms with E-state index in [1.54, 1.807) is 11.3 Å². The van der Waals surface area contributed by atoms with Gasteiger partial charge in [-0.05, 0) is 0 Å². The van der Waals surface area contributed by atoms with Gasteiger partial charge in [-0.3, -0.25) is 0 Å². The molecule has 0 bridgehead atoms. The first-order chi connectivity index (χ1) is 7.81. The number of benzene rings is 1. The molecule has 92 valence electrons. The summed E-state index contributed by atoms with van der Waals surface area (Å²) in [5, 5.41) is 1.99. The summed E-state index contributed by atoms with van der Waals surface area (Å²) in [6.45, 7) is 0. The minimum absolute atomic E-state index is 0. The molecular formula is C12H11AlO4S. The zero-order valence-electron chi connectivity index (χ0n) is 9.45. The molecule has 2 rings (SSSR count). The first kappa shape index (κ1) is 16.8. The first-order valence-electron chi connectivity index (χ1n) is 4.82. The van der Waals surface area contributed by atoms with Crippen molar-refractivity contribution in [3.05, 3.63) is 46.7 Å². The summed E-state index contributed by atoms with van der Waals surface area (Å²) < 4.78 is 4.60. The fourth-order valence-corrected chi connectivity index (χ4v) is 2.49. The Kier molecular flexibility index (Phi) is 7.52. The van der Waals surface area contributed by atoms with Crippen molar-refractivity contribution in [2.45, 2.75) is 6.42 Å². The van der Waals surface area contributed by atoms with Crippen LogP contribution in [0.1, 0.15) is 4.88 Å². The van der Waals surface area contributed by atoms with Crippen LogP contribution in [0.2, 0.25) is 0 Å². The number of thiophene rings is 1. The molecule has 1 aromatic heterocycles. The normalized spacial score (nSPS) is 9.00. The first-order valence-corrected chi connectivity index (χ1v) is 6.17. The van der Waals surface area contributed by atoms with Crippen LogP contribution in [0.15, 0.2) is 41.8 Å². The van der Waals surface area contributed by atoms with Gasteiger partial charge in [-0.1, -0.05) is 0 Å². The predicted octanol–water partition coefficient (Wildman–Crippen LogP) is 2.23. The minimum atomic E-state index is -0.232. The molecule has 6 heteroatoms. The third kappa shape index (κ3) is 3.95. The summed E-state index contributed by atoms with van der Waals surface area (Å²) >= 11 is 3.56. The maximum atomic E-state index is 11.2. The number of hydrogen-bond donors (Lipinski definition) is 0. The molecular weight excluding hydrogens is 267 g/mol. The van der Waals surface area contributed by atoms with Crippen LogP contribution in [0.5, 0.6) is 0 Å². The maximum absolute atomic E-state index is 11.2. The van der Waals surface area contributed by atoms with Crippen LogP contribution in [-0.4, -0.2) is 33.5 Å². The smallest absolute Gasteiger partial charge is 0.870 e. The molecule has 1 aromatic carbocycles. The molecule has 0 saturated carbocycles. The third-order valence-corrected chi connectivity index (χ3v) is 3.45. The van der Waals surface area contributed by atoms with E-state index in [0.717, 1.165) is 16.0 Å². The van der Waals surface area contributed by atoms with E-state index in [2.05, 4.69) is 3.79 Å². The zero-order chi connectivity index (χ0) is 11.4. The summed E-state index contributed by atoms with van der Waals surface area (Å²) in [4.78, 5) is 12.3. The Hall–Kier alpha value is -1.16. The Morgan fingerprint density at radius 1 is 1.17 bits per heavy atom. The summed E-state index contributed by atoms with van der Waals surface area (Å²) in [5.74, 6) is -0.232. The van der Waals surface area contributed by atoms with Crippen LogP contribution in [0.3, 0.4) is 0 Å². The van der Waals surface area contributed by atoms with E-state index in [1.807, 2.05) is 58.4 Å². The standard InChI is InChI=1S/C12H10O2S.Al.2H2O/c13-12(14)8-11-10(6-7-15-11)9-4-2-1-3-5-9;;;/h1-7H,8H2,(H,13,14);;2*1H2/q;+3;;/p-3. The Morgan fingerprint density at radius 2 is 1.83 bits per heavy atom. The molecule has 0 fully saturated rings. The van der Waals surface area contributed by atoms with Crippen molar-refractivity contribution in [3.63, 3.8) is 0 Å². The van der Waals surface area contributed by atoms with Gasteiger partial charge < -0.3 is 11.0 Å². The summed E-state index contributed by atoms with van der Waals surface area (Å²) in [6.07, 6.45) is 0.325. The molecule has 0 atom stereocenters. The van der Waals surface area contributed by atoms with Crippen LogP contribution in [0.25, 0.3) is 11.1 Å². The second-order valence-corrected chi connectivity index (χ2v) is 4.53. The van der Waals surface area contributed by atoms with Gasteiger partial charge in [-0.15, -0.1) is 0 Å². The second-order valence-electron chi connectivity index (χ2n) is 3.29. The van der Waals surface area contributed by atoms with Crippen LogP contribution in [0, 0.1) is 0 Å². The van der Waals surface area contributed by atoms with E-state index in [1.165, 1.54) is 0 Å². The Bertz CT molecular complexity index is 484. The summed E-state index contributed by atoms with van der Waals surface area (Å²) in [6, 6.07) is 12.1. The van der Waals surface area contributed by atoms with Crippen LogP contribution < -0.4 is 0 Å². The number of rotatable bonds is 3. The molecule has 0 aliphatic heterocycles. The van der Waals surface area contributed by atoms with Crippen molar-refractivity contribution in [2.75, 3.05) is 0 Å². The molecule has 0 unspecified atom stereocenters. The molecule has 2 aromatic rings. The van der Waals surface area contributed by atoms with Gasteiger partial charge in [0.2, 0.25) is 0 Å². The fourth-order valence-electron chi connectivity index (χ4n) is 1.53. The van der Waals surface area contributed by atoms with E-state index >= 15 is 0 Å². The average molecular weight is 278 g/mol. The maximum Gasteiger partial charge on any atom is -0.870 e. The van der Waals surface area contributed by atoms with Crippen molar-refractivity contribution in [2.24, 2.45) is 0 Å². The van der Waals surface area contributed by atoms with E-state index in [0.29, 0.717) is 6.42 Å². The van der Waals surface area contributed by atoms with Gasteiger partial charge in [-0.2, -0.15) is 0 Å². The SMILES string of the molecule is O=C(Cc1sccc1-c1ccccc1)[O][Al+2].[OH-].[OH-]. The van der Waals surface area contributed by atoms with Crippen molar-refractivity contribution < 1.29 is 19.5 Å². The van der Waals surface area contributed by atoms with Crippen molar-refractivity contribution in [3.8, 4) is 11.1 Å². The molecule has 0 aliphatic rings. The Balaban J connectivity index is 0.00000144. The Morgan fingerprint density at radius 3 is 2.44 bits per heavy atom. The monoisotopic (exact) mass is 278 g/mol. The number of hydrogen-bond acceptors (Lipinski definition) is 5. The van der Waals surface area contributed by atoms with E-state index in [9.17, 15) is 4.79 Å². The van der Waals surface area contributed by atoms with Gasteiger partial charge in [-0.25, -0.2) is 0 Å². The van der Waals surface area contributed by atoms with Gasteiger partial charge in [0.25, 0.3) is 0 Å². The average Bonchev–Trinajstić information content (AvgIpc) is 2.78. The molecule has 0 saturated heterocycles. The van der Waals surface area contributed by atoms with Crippen LogP contribution in [0.4, 0.5) is 0 Å². The molecule has 1 heterocycles. The molecule has 2 N–H and O–H groups in total. The Labute approximate surface area is 118 Å². The van der Waals surface area contributed by atoms with Crippen molar-refractivity contribution in [1.82, 2.24) is 0 Å². The third-order valence-electron chi connectivity index (χ3n) is 2.27. The van der Waals surface area contributed by atoms with Crippen LogP contribution in [-0.2, 0) is 15.0 Å². The molecule has 0 aliphatic carbocycles. The molecule has 0 radical (unpaired) electrons. The minimum Gasteiger partial charge on any atom is -0.870 e.